The number of ether oxygens (including phenoxy) is 10. The molecule has 30 nitrogen and oxygen atoms in total. The number of piperidine rings is 4. The Balaban J connectivity index is 0.000000141. The fourth-order valence-corrected chi connectivity index (χ4v) is 17.3. The Morgan fingerprint density at radius 2 is 0.679 bits per heavy atom. The van der Waals surface area contributed by atoms with Crippen molar-refractivity contribution >= 4 is 107 Å². The number of benzene rings is 4. The second-order valence-electron chi connectivity index (χ2n) is 32.2. The summed E-state index contributed by atoms with van der Waals surface area (Å²) in [6, 6.07) is 15.0. The van der Waals surface area contributed by atoms with E-state index >= 15 is 0 Å². The lowest BCUT2D eigenvalue weighted by Gasteiger charge is -2.53. The van der Waals surface area contributed by atoms with E-state index in [1.807, 2.05) is 87.7 Å². The lowest BCUT2D eigenvalue weighted by atomic mass is 9.63. The number of rotatable bonds is 12. The largest absolute Gasteiger partial charge is 0.493 e. The zero-order valence-electron chi connectivity index (χ0n) is 66.9. The number of likely N-dealkylation sites (tertiary alicyclic amines) is 2. The van der Waals surface area contributed by atoms with Crippen molar-refractivity contribution in [2.24, 2.45) is 26.8 Å². The van der Waals surface area contributed by atoms with E-state index in [1.54, 1.807) is 88.0 Å². The molecule has 3 N–H and O–H groups in total. The summed E-state index contributed by atoms with van der Waals surface area (Å²) in [6.45, 7) is 23.5. The van der Waals surface area contributed by atoms with Crippen molar-refractivity contribution in [1.29, 1.82) is 0 Å². The molecule has 7 saturated heterocycles. The summed E-state index contributed by atoms with van der Waals surface area (Å²) in [4.78, 5) is 69.4. The van der Waals surface area contributed by atoms with Gasteiger partial charge in [-0.25, -0.2) is 54.6 Å². The van der Waals surface area contributed by atoms with Crippen molar-refractivity contribution in [3.8, 4) is 46.0 Å². The van der Waals surface area contributed by atoms with Gasteiger partial charge >= 0.3 is 12.2 Å². The highest BCUT2D eigenvalue weighted by Gasteiger charge is 2.51. The summed E-state index contributed by atoms with van der Waals surface area (Å²) in [5, 5.41) is 12.6. The van der Waals surface area contributed by atoms with Crippen molar-refractivity contribution in [3.63, 3.8) is 0 Å². The molecule has 1 aliphatic carbocycles. The first kappa shape index (κ1) is 83.9. The molecule has 0 radical (unpaired) electrons. The van der Waals surface area contributed by atoms with Crippen molar-refractivity contribution in [2.45, 2.75) is 123 Å². The molecule has 4 aromatic heterocycles. The van der Waals surface area contributed by atoms with Gasteiger partial charge in [-0.1, -0.05) is 18.0 Å². The van der Waals surface area contributed by atoms with Crippen LogP contribution in [-0.2, 0) is 19.7 Å². The molecule has 8 aliphatic rings. The number of carbonyl (C=O) groups is 2. The number of fused-ring (bicyclic) bond motifs is 4. The van der Waals surface area contributed by atoms with Gasteiger partial charge in [-0.05, 0) is 149 Å². The number of amides is 2. The van der Waals surface area contributed by atoms with Gasteiger partial charge in [-0.15, -0.1) is 12.4 Å². The highest BCUT2D eigenvalue weighted by atomic mass is 35.5. The molecule has 608 valence electrons. The Morgan fingerprint density at radius 1 is 0.402 bits per heavy atom. The molecular formula is C79H108Cl2N16O14S. The average molecular weight is 1610 g/mol. The van der Waals surface area contributed by atoms with Crippen LogP contribution in [-0.4, -0.2) is 234 Å². The number of halogens is 2. The van der Waals surface area contributed by atoms with Gasteiger partial charge < -0.3 is 77.2 Å². The van der Waals surface area contributed by atoms with Gasteiger partial charge in [0.15, 0.2) is 46.0 Å². The highest BCUT2D eigenvalue weighted by Crippen LogP contribution is 2.51. The van der Waals surface area contributed by atoms with Crippen LogP contribution in [0.4, 0.5) is 27.0 Å². The number of nitrogens with two attached hydrogens (primary N) is 1. The smallest absolute Gasteiger partial charge is 0.410 e. The molecule has 8 fully saturated rings. The molecule has 16 rings (SSSR count). The lowest BCUT2D eigenvalue weighted by Crippen LogP contribution is -2.63. The number of anilines is 3. The van der Waals surface area contributed by atoms with E-state index in [4.69, 9.17) is 64.1 Å². The Hall–Kier alpha value is -9.01. The van der Waals surface area contributed by atoms with Crippen molar-refractivity contribution in [3.05, 3.63) is 79.0 Å². The number of nitrogens with one attached hydrogen (secondary N) is 1. The molecule has 7 aliphatic heterocycles. The molecular weight excluding hydrogens is 1500 g/mol. The number of hydrogen-bond donors (Lipinski definition) is 2. The topological polar surface area (TPSA) is 321 Å². The average Bonchev–Trinajstić information content (AvgIpc) is 0.748. The van der Waals surface area contributed by atoms with Gasteiger partial charge in [0.1, 0.15) is 59.1 Å². The minimum Gasteiger partial charge on any atom is -0.493 e. The van der Waals surface area contributed by atoms with Gasteiger partial charge in [-0.2, -0.15) is 12.7 Å². The maximum atomic E-state index is 12.3. The third-order valence-corrected chi connectivity index (χ3v) is 24.0. The second kappa shape index (κ2) is 34.8. The van der Waals surface area contributed by atoms with Gasteiger partial charge in [0.2, 0.25) is 0 Å². The van der Waals surface area contributed by atoms with Crippen LogP contribution in [0.5, 0.6) is 46.0 Å². The van der Waals surface area contributed by atoms with Gasteiger partial charge in [0.05, 0.1) is 78.9 Å². The van der Waals surface area contributed by atoms with Crippen LogP contribution in [0.1, 0.15) is 112 Å². The predicted octanol–water partition coefficient (Wildman–Crippen LogP) is 12.0. The van der Waals surface area contributed by atoms with E-state index in [9.17, 15) is 18.0 Å². The van der Waals surface area contributed by atoms with E-state index in [2.05, 4.69) is 59.9 Å². The molecule has 33 heteroatoms. The van der Waals surface area contributed by atoms with Crippen LogP contribution < -0.4 is 63.1 Å². The van der Waals surface area contributed by atoms with E-state index in [0.29, 0.717) is 69.3 Å². The fourth-order valence-electron chi connectivity index (χ4n) is 16.2. The molecule has 0 bridgehead atoms. The molecule has 4 spiro atoms. The van der Waals surface area contributed by atoms with E-state index < -0.39 is 15.8 Å². The summed E-state index contributed by atoms with van der Waals surface area (Å²) in [6.07, 6.45) is 18.9. The first-order chi connectivity index (χ1) is 53.0. The summed E-state index contributed by atoms with van der Waals surface area (Å²) in [5.74, 6) is 8.05. The normalized spacial score (nSPS) is 18.6. The van der Waals surface area contributed by atoms with Crippen LogP contribution >= 0.6 is 24.0 Å². The molecule has 11 heterocycles. The zero-order chi connectivity index (χ0) is 79.3. The van der Waals surface area contributed by atoms with Crippen LogP contribution in [0.3, 0.4) is 0 Å². The van der Waals surface area contributed by atoms with Crippen LogP contribution in [0.2, 0.25) is 5.15 Å². The van der Waals surface area contributed by atoms with E-state index in [1.165, 1.54) is 55.6 Å². The molecule has 112 heavy (non-hydrogen) atoms. The fraction of sp³-hybridized carbons (Fsp3) is 0.570. The number of nitrogens with zero attached hydrogens (tertiary/aromatic N) is 14. The Kier molecular flexibility index (Phi) is 26.0. The number of carbonyl (C=O) groups excluding carboxylic acids is 2. The lowest BCUT2D eigenvalue weighted by molar-refractivity contribution is -0.0458. The maximum Gasteiger partial charge on any atom is 0.410 e. The van der Waals surface area contributed by atoms with Gasteiger partial charge in [0, 0.05) is 141 Å². The maximum absolute atomic E-state index is 12.3. The summed E-state index contributed by atoms with van der Waals surface area (Å²) in [7, 11) is 9.33. The standard InChI is InChI=1S/C22H30N4O4.C18H23N3O2.C17H23N5O4S.C12H22N2O2.C10H9ClN2O2.ClH/c1-21(2,3)30-20(27)26-12-22(13-26)6-8-25(9-7-22)19-15-10-17(28-4)18(29-5)11-16(15)23-14-24-19;1-22-15-10-13-14(11-16(15)23-2)19-12-20-17(13)21-8-6-18(7-9-21)4-3-5-18;1-25-14-7-12-13(8-15(14)26-2)19-11-20-16(12)21-5-3-17(4-6-21)9-22(10-17)27(18,23)24;1-11(2,3)16-10(15)14-8-12(9-14)4-6-13-7-5-12;1-14-8-3-6-7(4-9(8)15-2)12-5-13-10(6)11;/h10-11,14H,6-9,12-13H2,1-5H3;10-12H,3-9H2,1-2H3;7-8,11H,3-6,9-10H2,1-2H3,(H2,18,23,24);13H,4-9H2,1-3H3;3-5H,1-2H3;1H. The molecule has 1 saturated carbocycles. The first-order valence-corrected chi connectivity index (χ1v) is 39.7. The van der Waals surface area contributed by atoms with E-state index in [0.717, 1.165) is 171 Å². The molecule has 4 aromatic carbocycles. The SMILES string of the molecule is CC(C)(C)OC(=O)N1CC2(CCNCC2)C1.COc1cc2ncnc(Cl)c2cc1OC.COc1cc2ncnc(N3CCC4(CC3)CN(C(=O)OC(C)(C)C)C4)c2cc1OC.COc1cc2ncnc(N3CCC4(CC3)CN(S(N)(=O)=O)C4)c2cc1OC.COc1cc2ncnc(N3CCC4(CCC4)CC3)c2cc1OC.Cl. The Bertz CT molecular complexity index is 4730. The molecule has 2 amide bonds. The van der Waals surface area contributed by atoms with Crippen molar-refractivity contribution in [2.75, 3.05) is 163 Å². The first-order valence-electron chi connectivity index (χ1n) is 37.8. The van der Waals surface area contributed by atoms with Crippen LogP contribution in [0, 0.1) is 21.7 Å². The van der Waals surface area contributed by atoms with Crippen LogP contribution in [0.15, 0.2) is 73.8 Å². The van der Waals surface area contributed by atoms with Crippen LogP contribution in [0.25, 0.3) is 43.6 Å². The quantitative estimate of drug-likeness (QED) is 0.107. The number of aromatic nitrogens is 8. The Labute approximate surface area is 666 Å². The monoisotopic (exact) mass is 1610 g/mol. The third kappa shape index (κ3) is 18.9. The summed E-state index contributed by atoms with van der Waals surface area (Å²) in [5.41, 5.74) is 3.67. The molecule has 0 unspecified atom stereocenters. The van der Waals surface area contributed by atoms with E-state index in [-0.39, 0.29) is 41.0 Å². The van der Waals surface area contributed by atoms with Gasteiger partial charge in [-0.3, -0.25) is 0 Å². The third-order valence-electron chi connectivity index (χ3n) is 22.7. The van der Waals surface area contributed by atoms with Crippen molar-refractivity contribution < 1.29 is 65.4 Å². The minimum absolute atomic E-state index is 0. The van der Waals surface area contributed by atoms with Gasteiger partial charge in [0.25, 0.3) is 10.2 Å². The second-order valence-corrected chi connectivity index (χ2v) is 34.1. The minimum atomic E-state index is -3.58. The summed E-state index contributed by atoms with van der Waals surface area (Å²) >= 11 is 5.93. The number of hydrogen-bond acceptors (Lipinski definition) is 26. The summed E-state index contributed by atoms with van der Waals surface area (Å²) < 4.78 is 77.8. The molecule has 0 atom stereocenters. The Morgan fingerprint density at radius 3 is 0.973 bits per heavy atom. The predicted molar refractivity (Wildman–Crippen MR) is 433 cm³/mol. The highest BCUT2D eigenvalue weighted by molar-refractivity contribution is 7.86. The number of methoxy groups -OCH3 is 8. The zero-order valence-corrected chi connectivity index (χ0v) is 69.2. The molecule has 8 aromatic rings. The van der Waals surface area contributed by atoms with Crippen molar-refractivity contribution in [1.82, 2.24) is 59.3 Å².